The van der Waals surface area contributed by atoms with Gasteiger partial charge in [-0.15, -0.1) is 0 Å². The summed E-state index contributed by atoms with van der Waals surface area (Å²) >= 11 is 0. The number of piperazine rings is 1. The number of carbonyl (C=O) groups is 1. The zero-order valence-electron chi connectivity index (χ0n) is 16.7. The van der Waals surface area contributed by atoms with Crippen molar-refractivity contribution in [2.24, 2.45) is 0 Å². The molecule has 2 aromatic carbocycles. The van der Waals surface area contributed by atoms with Crippen molar-refractivity contribution in [3.63, 3.8) is 0 Å². The SMILES string of the molecule is O=C1CCc2ccccc2N1CCCCCN1CCN(c2ccccc2)CC1. The number of nitrogens with zero attached hydrogens (tertiary/aromatic N) is 3. The number of benzene rings is 2. The number of aryl methyl sites for hydroxylation is 1. The fourth-order valence-corrected chi connectivity index (χ4v) is 4.39. The van der Waals surface area contributed by atoms with Crippen LogP contribution in [0.15, 0.2) is 54.6 Å². The lowest BCUT2D eigenvalue weighted by molar-refractivity contribution is -0.118. The minimum Gasteiger partial charge on any atom is -0.369 e. The van der Waals surface area contributed by atoms with E-state index in [-0.39, 0.29) is 5.91 Å². The highest BCUT2D eigenvalue weighted by Crippen LogP contribution is 2.27. The average Bonchev–Trinajstić information content (AvgIpc) is 2.76. The molecule has 1 saturated heterocycles. The quantitative estimate of drug-likeness (QED) is 0.684. The van der Waals surface area contributed by atoms with Crippen LogP contribution in [0.1, 0.15) is 31.2 Å². The highest BCUT2D eigenvalue weighted by Gasteiger charge is 2.23. The third kappa shape index (κ3) is 4.56. The first-order valence-electron chi connectivity index (χ1n) is 10.7. The van der Waals surface area contributed by atoms with E-state index in [1.165, 1.54) is 30.6 Å². The molecule has 4 rings (SSSR count). The summed E-state index contributed by atoms with van der Waals surface area (Å²) in [6, 6.07) is 19.1. The summed E-state index contributed by atoms with van der Waals surface area (Å²) in [7, 11) is 0. The Bertz CT molecular complexity index is 768. The Morgan fingerprint density at radius 2 is 1.43 bits per heavy atom. The van der Waals surface area contributed by atoms with Gasteiger partial charge in [0, 0.05) is 50.5 Å². The lowest BCUT2D eigenvalue weighted by Gasteiger charge is -2.36. The van der Waals surface area contributed by atoms with E-state index in [1.54, 1.807) is 0 Å². The maximum Gasteiger partial charge on any atom is 0.227 e. The van der Waals surface area contributed by atoms with E-state index in [0.717, 1.165) is 51.3 Å². The molecule has 148 valence electrons. The van der Waals surface area contributed by atoms with Crippen molar-refractivity contribution in [1.29, 1.82) is 0 Å². The zero-order valence-corrected chi connectivity index (χ0v) is 16.7. The predicted molar refractivity (Wildman–Crippen MR) is 116 cm³/mol. The number of carbonyl (C=O) groups excluding carboxylic acids is 1. The van der Waals surface area contributed by atoms with E-state index in [2.05, 4.69) is 58.3 Å². The summed E-state index contributed by atoms with van der Waals surface area (Å²) in [4.78, 5) is 19.4. The Balaban J connectivity index is 1.16. The van der Waals surface area contributed by atoms with Crippen LogP contribution in [0.3, 0.4) is 0 Å². The van der Waals surface area contributed by atoms with Crippen LogP contribution in [0.4, 0.5) is 11.4 Å². The van der Waals surface area contributed by atoms with Gasteiger partial charge < -0.3 is 9.80 Å². The van der Waals surface area contributed by atoms with E-state index >= 15 is 0 Å². The number of para-hydroxylation sites is 2. The Kier molecular flexibility index (Phi) is 6.27. The number of rotatable bonds is 7. The third-order valence-corrected chi connectivity index (χ3v) is 6.04. The van der Waals surface area contributed by atoms with Gasteiger partial charge in [0.2, 0.25) is 5.91 Å². The molecule has 0 aliphatic carbocycles. The van der Waals surface area contributed by atoms with Crippen molar-refractivity contribution < 1.29 is 4.79 Å². The van der Waals surface area contributed by atoms with Crippen LogP contribution in [0.25, 0.3) is 0 Å². The second-order valence-electron chi connectivity index (χ2n) is 7.90. The molecule has 4 nitrogen and oxygen atoms in total. The molecular formula is C24H31N3O. The lowest BCUT2D eigenvalue weighted by Crippen LogP contribution is -2.46. The molecule has 0 radical (unpaired) electrons. The predicted octanol–water partition coefficient (Wildman–Crippen LogP) is 3.96. The van der Waals surface area contributed by atoms with E-state index in [9.17, 15) is 4.79 Å². The normalized spacial score (nSPS) is 17.6. The molecule has 1 fully saturated rings. The molecule has 0 aromatic heterocycles. The van der Waals surface area contributed by atoms with Crippen LogP contribution in [-0.2, 0) is 11.2 Å². The van der Waals surface area contributed by atoms with Gasteiger partial charge in [-0.25, -0.2) is 0 Å². The summed E-state index contributed by atoms with van der Waals surface area (Å²) in [5.74, 6) is 0.288. The van der Waals surface area contributed by atoms with E-state index in [4.69, 9.17) is 0 Å². The van der Waals surface area contributed by atoms with Gasteiger partial charge in [0.05, 0.1) is 0 Å². The van der Waals surface area contributed by atoms with Crippen LogP contribution < -0.4 is 9.80 Å². The van der Waals surface area contributed by atoms with E-state index in [1.807, 2.05) is 11.0 Å². The molecule has 0 unspecified atom stereocenters. The minimum atomic E-state index is 0.288. The van der Waals surface area contributed by atoms with Crippen LogP contribution in [0.2, 0.25) is 0 Å². The van der Waals surface area contributed by atoms with Crippen molar-refractivity contribution in [3.8, 4) is 0 Å². The van der Waals surface area contributed by atoms with Gasteiger partial charge in [0.25, 0.3) is 0 Å². The van der Waals surface area contributed by atoms with Crippen LogP contribution >= 0.6 is 0 Å². The Hall–Kier alpha value is -2.33. The first-order valence-corrected chi connectivity index (χ1v) is 10.7. The first kappa shape index (κ1) is 19.0. The van der Waals surface area contributed by atoms with Crippen LogP contribution in [-0.4, -0.2) is 50.1 Å². The van der Waals surface area contributed by atoms with Crippen LogP contribution in [0.5, 0.6) is 0 Å². The van der Waals surface area contributed by atoms with Gasteiger partial charge in [0.1, 0.15) is 0 Å². The van der Waals surface area contributed by atoms with E-state index in [0.29, 0.717) is 6.42 Å². The Morgan fingerprint density at radius 1 is 0.714 bits per heavy atom. The summed E-state index contributed by atoms with van der Waals surface area (Å²) < 4.78 is 0. The van der Waals surface area contributed by atoms with Crippen LogP contribution in [0, 0.1) is 0 Å². The van der Waals surface area contributed by atoms with Crippen molar-refractivity contribution >= 4 is 17.3 Å². The molecular weight excluding hydrogens is 346 g/mol. The number of hydrogen-bond acceptors (Lipinski definition) is 3. The van der Waals surface area contributed by atoms with Crippen molar-refractivity contribution in [3.05, 3.63) is 60.2 Å². The number of amides is 1. The van der Waals surface area contributed by atoms with E-state index < -0.39 is 0 Å². The number of hydrogen-bond donors (Lipinski definition) is 0. The average molecular weight is 378 g/mol. The first-order chi connectivity index (χ1) is 13.8. The standard InChI is InChI=1S/C24H31N3O/c28-24-14-13-21-9-5-6-12-23(21)27(24)16-8-2-7-15-25-17-19-26(20-18-25)22-10-3-1-4-11-22/h1,3-6,9-12H,2,7-8,13-20H2. The molecule has 0 spiro atoms. The molecule has 0 saturated carbocycles. The highest BCUT2D eigenvalue weighted by molar-refractivity contribution is 5.96. The molecule has 4 heteroatoms. The number of fused-ring (bicyclic) bond motifs is 1. The van der Waals surface area contributed by atoms with Crippen molar-refractivity contribution in [1.82, 2.24) is 4.90 Å². The van der Waals surface area contributed by atoms with Gasteiger partial charge in [-0.2, -0.15) is 0 Å². The maximum absolute atomic E-state index is 12.3. The second kappa shape index (κ2) is 9.24. The fraction of sp³-hybridized carbons (Fsp3) is 0.458. The third-order valence-electron chi connectivity index (χ3n) is 6.04. The Labute approximate surface area is 168 Å². The molecule has 2 aromatic rings. The molecule has 2 heterocycles. The number of unbranched alkanes of at least 4 members (excludes halogenated alkanes) is 2. The van der Waals surface area contributed by atoms with Crippen molar-refractivity contribution in [2.45, 2.75) is 32.1 Å². The minimum absolute atomic E-state index is 0.288. The largest absolute Gasteiger partial charge is 0.369 e. The molecule has 28 heavy (non-hydrogen) atoms. The Morgan fingerprint density at radius 3 is 2.25 bits per heavy atom. The molecule has 2 aliphatic heterocycles. The monoisotopic (exact) mass is 377 g/mol. The number of anilines is 2. The molecule has 0 atom stereocenters. The van der Waals surface area contributed by atoms with Gasteiger partial charge in [-0.05, 0) is 49.6 Å². The highest BCUT2D eigenvalue weighted by atomic mass is 16.2. The fourth-order valence-electron chi connectivity index (χ4n) is 4.39. The second-order valence-corrected chi connectivity index (χ2v) is 7.90. The molecule has 0 bridgehead atoms. The van der Waals surface area contributed by atoms with Gasteiger partial charge in [-0.1, -0.05) is 42.8 Å². The summed E-state index contributed by atoms with van der Waals surface area (Å²) in [6.45, 7) is 6.55. The molecule has 2 aliphatic rings. The molecule has 0 N–H and O–H groups in total. The summed E-state index contributed by atoms with van der Waals surface area (Å²) in [5.41, 5.74) is 3.79. The van der Waals surface area contributed by atoms with Crippen molar-refractivity contribution in [2.75, 3.05) is 49.1 Å². The summed E-state index contributed by atoms with van der Waals surface area (Å²) in [5, 5.41) is 0. The topological polar surface area (TPSA) is 26.8 Å². The zero-order chi connectivity index (χ0) is 19.2. The van der Waals surface area contributed by atoms with Gasteiger partial charge in [-0.3, -0.25) is 9.69 Å². The maximum atomic E-state index is 12.3. The molecule has 1 amide bonds. The van der Waals surface area contributed by atoms with Gasteiger partial charge in [0.15, 0.2) is 0 Å². The summed E-state index contributed by atoms with van der Waals surface area (Å²) in [6.07, 6.45) is 5.03. The smallest absolute Gasteiger partial charge is 0.227 e. The van der Waals surface area contributed by atoms with Gasteiger partial charge >= 0.3 is 0 Å². The lowest BCUT2D eigenvalue weighted by atomic mass is 10.0.